The molecule has 7 nitrogen and oxygen atoms in total. The number of aromatic nitrogens is 4. The zero-order valence-corrected chi connectivity index (χ0v) is 21.3. The number of thiazole rings is 1. The molecule has 9 heteroatoms. The molecule has 162 valence electrons. The SMILES string of the molecule is CCNC(=NCc1ccc(-n2nc(C)cc2C)nc1)NCc1nc(C(C)C)cs1.I. The molecule has 3 rings (SSSR count). The second kappa shape index (κ2) is 11.4. The predicted octanol–water partition coefficient (Wildman–Crippen LogP) is 4.34. The highest BCUT2D eigenvalue weighted by molar-refractivity contribution is 14.0. The van der Waals surface area contributed by atoms with Crippen molar-refractivity contribution in [2.75, 3.05) is 6.54 Å². The molecule has 0 amide bonds. The van der Waals surface area contributed by atoms with Gasteiger partial charge in [-0.25, -0.2) is 19.6 Å². The van der Waals surface area contributed by atoms with E-state index in [1.54, 1.807) is 11.3 Å². The molecule has 3 heterocycles. The summed E-state index contributed by atoms with van der Waals surface area (Å²) in [5, 5.41) is 14.3. The predicted molar refractivity (Wildman–Crippen MR) is 134 cm³/mol. The standard InChI is InChI=1S/C21H29N7S.HI/c1-6-22-21(25-12-20-26-18(13-29-20)14(2)3)24-11-17-7-8-19(23-10-17)28-16(5)9-15(4)27-28;/h7-10,13-14H,6,11-12H2,1-5H3,(H2,22,24,25);1H. The molecule has 0 radical (unpaired) electrons. The van der Waals surface area contributed by atoms with Crippen LogP contribution in [0.3, 0.4) is 0 Å². The van der Waals surface area contributed by atoms with E-state index in [1.165, 1.54) is 0 Å². The van der Waals surface area contributed by atoms with E-state index in [9.17, 15) is 0 Å². The zero-order chi connectivity index (χ0) is 20.8. The minimum atomic E-state index is 0. The van der Waals surface area contributed by atoms with Crippen molar-refractivity contribution in [1.82, 2.24) is 30.4 Å². The lowest BCUT2D eigenvalue weighted by molar-refractivity contribution is 0.786. The molecule has 3 aromatic heterocycles. The van der Waals surface area contributed by atoms with Crippen LogP contribution in [-0.4, -0.2) is 32.3 Å². The first-order valence-corrected chi connectivity index (χ1v) is 10.8. The number of rotatable bonds is 7. The van der Waals surface area contributed by atoms with Crippen LogP contribution in [0.15, 0.2) is 34.8 Å². The van der Waals surface area contributed by atoms with E-state index in [0.717, 1.165) is 46.0 Å². The molecule has 0 spiro atoms. The van der Waals surface area contributed by atoms with E-state index < -0.39 is 0 Å². The Hall–Kier alpha value is -2.01. The van der Waals surface area contributed by atoms with Gasteiger partial charge in [-0.2, -0.15) is 5.10 Å². The Morgan fingerprint density at radius 2 is 2.03 bits per heavy atom. The molecule has 0 saturated heterocycles. The normalized spacial score (nSPS) is 11.5. The summed E-state index contributed by atoms with van der Waals surface area (Å²) in [7, 11) is 0. The summed E-state index contributed by atoms with van der Waals surface area (Å²) < 4.78 is 1.85. The number of aliphatic imine (C=N–C) groups is 1. The van der Waals surface area contributed by atoms with Crippen LogP contribution in [-0.2, 0) is 13.1 Å². The molecular formula is C21H30IN7S. The Labute approximate surface area is 199 Å². The smallest absolute Gasteiger partial charge is 0.191 e. The molecule has 3 aromatic rings. The fraction of sp³-hybridized carbons (Fsp3) is 0.429. The first kappa shape index (κ1) is 24.3. The summed E-state index contributed by atoms with van der Waals surface area (Å²) in [6, 6.07) is 6.07. The van der Waals surface area contributed by atoms with Gasteiger partial charge in [-0.1, -0.05) is 19.9 Å². The van der Waals surface area contributed by atoms with Gasteiger partial charge in [0.25, 0.3) is 0 Å². The first-order valence-electron chi connectivity index (χ1n) is 9.91. The van der Waals surface area contributed by atoms with E-state index in [2.05, 4.69) is 56.8 Å². The largest absolute Gasteiger partial charge is 0.357 e. The number of nitrogens with zero attached hydrogens (tertiary/aromatic N) is 5. The van der Waals surface area contributed by atoms with Crippen molar-refractivity contribution >= 4 is 41.3 Å². The van der Waals surface area contributed by atoms with Crippen molar-refractivity contribution in [3.63, 3.8) is 0 Å². The Kier molecular flexibility index (Phi) is 9.22. The number of guanidine groups is 1. The molecule has 0 saturated carbocycles. The van der Waals surface area contributed by atoms with Crippen molar-refractivity contribution in [3.8, 4) is 5.82 Å². The van der Waals surface area contributed by atoms with Gasteiger partial charge < -0.3 is 10.6 Å². The summed E-state index contributed by atoms with van der Waals surface area (Å²) in [5.41, 5.74) is 4.24. The lowest BCUT2D eigenvalue weighted by Gasteiger charge is -2.10. The van der Waals surface area contributed by atoms with Gasteiger partial charge in [0.2, 0.25) is 0 Å². The maximum Gasteiger partial charge on any atom is 0.191 e. The van der Waals surface area contributed by atoms with Crippen molar-refractivity contribution < 1.29 is 0 Å². The highest BCUT2D eigenvalue weighted by Gasteiger charge is 2.07. The van der Waals surface area contributed by atoms with Crippen LogP contribution >= 0.6 is 35.3 Å². The molecule has 0 bridgehead atoms. The van der Waals surface area contributed by atoms with Crippen LogP contribution in [0.5, 0.6) is 0 Å². The molecule has 0 aliphatic carbocycles. The first-order chi connectivity index (χ1) is 14.0. The van der Waals surface area contributed by atoms with Crippen molar-refractivity contribution in [2.24, 2.45) is 4.99 Å². The molecule has 2 N–H and O–H groups in total. The average molecular weight is 539 g/mol. The van der Waals surface area contributed by atoms with Crippen molar-refractivity contribution in [2.45, 2.75) is 53.6 Å². The lowest BCUT2D eigenvalue weighted by Crippen LogP contribution is -2.36. The van der Waals surface area contributed by atoms with E-state index in [1.807, 2.05) is 42.9 Å². The van der Waals surface area contributed by atoms with Gasteiger partial charge in [-0.15, -0.1) is 35.3 Å². The molecule has 0 aliphatic heterocycles. The Morgan fingerprint density at radius 1 is 1.23 bits per heavy atom. The van der Waals surface area contributed by atoms with Gasteiger partial charge in [0.1, 0.15) is 5.01 Å². The van der Waals surface area contributed by atoms with E-state index in [-0.39, 0.29) is 24.0 Å². The number of halogens is 1. The van der Waals surface area contributed by atoms with Crippen LogP contribution in [0.25, 0.3) is 5.82 Å². The van der Waals surface area contributed by atoms with Gasteiger partial charge in [0.15, 0.2) is 11.8 Å². The number of hydrogen-bond acceptors (Lipinski definition) is 5. The summed E-state index contributed by atoms with van der Waals surface area (Å²) in [6.07, 6.45) is 1.86. The van der Waals surface area contributed by atoms with Crippen molar-refractivity contribution in [1.29, 1.82) is 0 Å². The van der Waals surface area contributed by atoms with Gasteiger partial charge in [0, 0.05) is 23.8 Å². The number of hydrogen-bond donors (Lipinski definition) is 2. The third kappa shape index (κ3) is 6.49. The van der Waals surface area contributed by atoms with E-state index in [4.69, 9.17) is 0 Å². The van der Waals surface area contributed by atoms with Crippen LogP contribution in [0.1, 0.15) is 54.3 Å². The highest BCUT2D eigenvalue weighted by Crippen LogP contribution is 2.17. The monoisotopic (exact) mass is 539 g/mol. The summed E-state index contributed by atoms with van der Waals surface area (Å²) >= 11 is 1.68. The molecular weight excluding hydrogens is 509 g/mol. The van der Waals surface area contributed by atoms with Gasteiger partial charge in [-0.05, 0) is 44.4 Å². The number of aryl methyl sites for hydroxylation is 2. The van der Waals surface area contributed by atoms with E-state index in [0.29, 0.717) is 19.0 Å². The quantitative estimate of drug-likeness (QED) is 0.265. The fourth-order valence-corrected chi connectivity index (χ4v) is 3.73. The topological polar surface area (TPSA) is 80.0 Å². The van der Waals surface area contributed by atoms with Crippen LogP contribution < -0.4 is 10.6 Å². The molecule has 30 heavy (non-hydrogen) atoms. The molecule has 0 unspecified atom stereocenters. The second-order valence-corrected chi connectivity index (χ2v) is 8.18. The van der Waals surface area contributed by atoms with Crippen molar-refractivity contribution in [3.05, 3.63) is 57.4 Å². The summed E-state index contributed by atoms with van der Waals surface area (Å²) in [5.74, 6) is 2.04. The number of pyridine rings is 1. The molecule has 0 atom stereocenters. The third-order valence-electron chi connectivity index (χ3n) is 4.37. The number of nitrogens with one attached hydrogen (secondary N) is 2. The van der Waals surface area contributed by atoms with Crippen LogP contribution in [0, 0.1) is 13.8 Å². The summed E-state index contributed by atoms with van der Waals surface area (Å²) in [4.78, 5) is 13.9. The average Bonchev–Trinajstić information content (AvgIpc) is 3.30. The highest BCUT2D eigenvalue weighted by atomic mass is 127. The maximum absolute atomic E-state index is 4.67. The molecule has 0 aromatic carbocycles. The molecule has 0 fully saturated rings. The van der Waals surface area contributed by atoms with E-state index >= 15 is 0 Å². The maximum atomic E-state index is 4.67. The van der Waals surface area contributed by atoms with Crippen LogP contribution in [0.2, 0.25) is 0 Å². The minimum Gasteiger partial charge on any atom is -0.357 e. The summed E-state index contributed by atoms with van der Waals surface area (Å²) in [6.45, 7) is 12.4. The Bertz CT molecular complexity index is 960. The second-order valence-electron chi connectivity index (χ2n) is 7.23. The molecule has 0 aliphatic rings. The fourth-order valence-electron chi connectivity index (χ4n) is 2.84. The third-order valence-corrected chi connectivity index (χ3v) is 5.23. The lowest BCUT2D eigenvalue weighted by atomic mass is 10.2. The Balaban J connectivity index is 0.00000320. The minimum absolute atomic E-state index is 0. The van der Waals surface area contributed by atoms with Gasteiger partial charge >= 0.3 is 0 Å². The zero-order valence-electron chi connectivity index (χ0n) is 18.1. The van der Waals surface area contributed by atoms with Gasteiger partial charge in [0.05, 0.1) is 24.5 Å². The van der Waals surface area contributed by atoms with Crippen LogP contribution in [0.4, 0.5) is 0 Å². The van der Waals surface area contributed by atoms with Gasteiger partial charge in [-0.3, -0.25) is 0 Å². The Morgan fingerprint density at radius 3 is 2.60 bits per heavy atom.